The van der Waals surface area contributed by atoms with E-state index < -0.39 is 32.4 Å². The molecule has 0 amide bonds. The topological polar surface area (TPSA) is 64.0 Å². The highest BCUT2D eigenvalue weighted by molar-refractivity contribution is 7.92. The quantitative estimate of drug-likeness (QED) is 0.715. The van der Waals surface area contributed by atoms with Crippen LogP contribution in [0.5, 0.6) is 0 Å². The normalized spacial score (nSPS) is 11.6. The predicted molar refractivity (Wildman–Crippen MR) is 94.4 cm³/mol. The molecule has 3 rings (SSSR count). The second kappa shape index (κ2) is 7.07. The molecule has 9 heteroatoms. The van der Waals surface area contributed by atoms with E-state index in [4.69, 9.17) is 0 Å². The van der Waals surface area contributed by atoms with Gasteiger partial charge in [-0.25, -0.2) is 21.6 Å². The summed E-state index contributed by atoms with van der Waals surface area (Å²) in [6, 6.07) is 8.38. The largest absolute Gasteiger partial charge is 0.276 e. The second-order valence-electron chi connectivity index (χ2n) is 5.98. The molecule has 5 nitrogen and oxygen atoms in total. The lowest BCUT2D eigenvalue weighted by Crippen LogP contribution is -2.16. The first-order valence-electron chi connectivity index (χ1n) is 7.94. The van der Waals surface area contributed by atoms with E-state index in [9.17, 15) is 21.6 Å². The SMILES string of the molecule is Cc1nn(Cc2ccccc2F)c(C)c1NS(=O)(=O)c1ccc(F)cc1F. The van der Waals surface area contributed by atoms with Crippen LogP contribution in [0.25, 0.3) is 0 Å². The highest BCUT2D eigenvalue weighted by atomic mass is 32.2. The fraction of sp³-hybridized carbons (Fsp3) is 0.167. The van der Waals surface area contributed by atoms with Gasteiger partial charge in [-0.3, -0.25) is 9.40 Å². The van der Waals surface area contributed by atoms with E-state index in [2.05, 4.69) is 9.82 Å². The molecule has 0 bridgehead atoms. The molecular weight excluding hydrogens is 379 g/mol. The lowest BCUT2D eigenvalue weighted by molar-refractivity contribution is 0.551. The van der Waals surface area contributed by atoms with Crippen LogP contribution in [0.15, 0.2) is 47.4 Å². The maximum atomic E-state index is 13.9. The molecule has 0 saturated heterocycles. The average molecular weight is 395 g/mol. The van der Waals surface area contributed by atoms with Gasteiger partial charge in [0.2, 0.25) is 0 Å². The van der Waals surface area contributed by atoms with E-state index in [-0.39, 0.29) is 12.2 Å². The van der Waals surface area contributed by atoms with Gasteiger partial charge in [-0.05, 0) is 32.0 Å². The fourth-order valence-electron chi connectivity index (χ4n) is 2.67. The van der Waals surface area contributed by atoms with E-state index in [1.54, 1.807) is 32.0 Å². The minimum absolute atomic E-state index is 0.103. The van der Waals surface area contributed by atoms with E-state index in [1.807, 2.05) is 0 Å². The maximum Gasteiger partial charge on any atom is 0.264 e. The van der Waals surface area contributed by atoms with Gasteiger partial charge in [0.05, 0.1) is 23.6 Å². The number of nitrogens with one attached hydrogen (secondary N) is 1. The molecule has 0 aliphatic heterocycles. The molecule has 3 aromatic rings. The summed E-state index contributed by atoms with van der Waals surface area (Å²) in [7, 11) is -4.29. The van der Waals surface area contributed by atoms with Gasteiger partial charge in [0.1, 0.15) is 22.3 Å². The molecule has 0 saturated carbocycles. The van der Waals surface area contributed by atoms with Gasteiger partial charge in [0.25, 0.3) is 10.0 Å². The number of aryl methyl sites for hydroxylation is 1. The number of halogens is 3. The third-order valence-corrected chi connectivity index (χ3v) is 5.46. The molecule has 1 aromatic heterocycles. The summed E-state index contributed by atoms with van der Waals surface area (Å²) in [6.07, 6.45) is 0. The number of nitrogens with zero attached hydrogens (tertiary/aromatic N) is 2. The summed E-state index contributed by atoms with van der Waals surface area (Å²) in [5.74, 6) is -2.48. The van der Waals surface area contributed by atoms with Crippen molar-refractivity contribution in [2.45, 2.75) is 25.3 Å². The number of aromatic nitrogens is 2. The molecule has 2 aromatic carbocycles. The fourth-order valence-corrected chi connectivity index (χ4v) is 3.91. The number of hydrogen-bond donors (Lipinski definition) is 1. The van der Waals surface area contributed by atoms with Crippen LogP contribution < -0.4 is 4.72 Å². The zero-order valence-electron chi connectivity index (χ0n) is 14.5. The molecule has 1 heterocycles. The summed E-state index contributed by atoms with van der Waals surface area (Å²) in [5.41, 5.74) is 1.33. The highest BCUT2D eigenvalue weighted by Crippen LogP contribution is 2.25. The van der Waals surface area contributed by atoms with E-state index >= 15 is 0 Å². The zero-order valence-corrected chi connectivity index (χ0v) is 15.3. The minimum atomic E-state index is -4.29. The number of hydrogen-bond acceptors (Lipinski definition) is 3. The van der Waals surface area contributed by atoms with Crippen LogP contribution in [0.4, 0.5) is 18.9 Å². The molecule has 0 spiro atoms. The summed E-state index contributed by atoms with van der Waals surface area (Å²) < 4.78 is 69.5. The van der Waals surface area contributed by atoms with Gasteiger partial charge in [-0.1, -0.05) is 18.2 Å². The Bertz CT molecular complexity index is 1110. The predicted octanol–water partition coefficient (Wildman–Crippen LogP) is 3.77. The number of rotatable bonds is 5. The Labute approximate surface area is 154 Å². The molecule has 0 fully saturated rings. The van der Waals surface area contributed by atoms with Crippen LogP contribution in [-0.2, 0) is 16.6 Å². The van der Waals surface area contributed by atoms with E-state index in [0.717, 1.165) is 12.1 Å². The third kappa shape index (κ3) is 3.82. The number of sulfonamides is 1. The molecule has 0 atom stereocenters. The molecule has 0 aliphatic rings. The van der Waals surface area contributed by atoms with Crippen LogP contribution in [-0.4, -0.2) is 18.2 Å². The van der Waals surface area contributed by atoms with Crippen molar-refractivity contribution in [2.75, 3.05) is 4.72 Å². The van der Waals surface area contributed by atoms with Crippen molar-refractivity contribution in [3.63, 3.8) is 0 Å². The third-order valence-electron chi connectivity index (χ3n) is 4.08. The molecule has 1 N–H and O–H groups in total. The maximum absolute atomic E-state index is 13.9. The van der Waals surface area contributed by atoms with E-state index in [0.29, 0.717) is 23.0 Å². The summed E-state index contributed by atoms with van der Waals surface area (Å²) in [4.78, 5) is -0.676. The average Bonchev–Trinajstić information content (AvgIpc) is 2.84. The zero-order chi connectivity index (χ0) is 19.8. The molecule has 27 heavy (non-hydrogen) atoms. The first-order chi connectivity index (χ1) is 12.7. The van der Waals surface area contributed by atoms with Crippen LogP contribution >= 0.6 is 0 Å². The Morgan fingerprint density at radius 3 is 2.41 bits per heavy atom. The first-order valence-corrected chi connectivity index (χ1v) is 9.42. The summed E-state index contributed by atoms with van der Waals surface area (Å²) in [5, 5.41) is 4.23. The Balaban J connectivity index is 1.94. The summed E-state index contributed by atoms with van der Waals surface area (Å²) in [6.45, 7) is 3.29. The van der Waals surface area contributed by atoms with Crippen LogP contribution in [0, 0.1) is 31.3 Å². The number of benzene rings is 2. The smallest absolute Gasteiger partial charge is 0.264 e. The lowest BCUT2D eigenvalue weighted by atomic mass is 10.2. The molecular formula is C18H16F3N3O2S. The second-order valence-corrected chi connectivity index (χ2v) is 7.63. The van der Waals surface area contributed by atoms with Crippen molar-refractivity contribution < 1.29 is 21.6 Å². The standard InChI is InChI=1S/C18H16F3N3O2S/c1-11-18(23-27(25,26)17-8-7-14(19)9-16(17)21)12(2)24(22-11)10-13-5-3-4-6-15(13)20/h3-9,23H,10H2,1-2H3. The lowest BCUT2D eigenvalue weighted by Gasteiger charge is -2.10. The Kier molecular flexibility index (Phi) is 4.97. The van der Waals surface area contributed by atoms with Gasteiger partial charge in [0.15, 0.2) is 0 Å². The van der Waals surface area contributed by atoms with Gasteiger partial charge in [-0.15, -0.1) is 0 Å². The van der Waals surface area contributed by atoms with Gasteiger partial charge >= 0.3 is 0 Å². The van der Waals surface area contributed by atoms with Crippen molar-refractivity contribution in [1.82, 2.24) is 9.78 Å². The van der Waals surface area contributed by atoms with Gasteiger partial charge in [0, 0.05) is 11.6 Å². The van der Waals surface area contributed by atoms with Crippen LogP contribution in [0.1, 0.15) is 17.0 Å². The Morgan fingerprint density at radius 2 is 1.74 bits per heavy atom. The van der Waals surface area contributed by atoms with Gasteiger partial charge in [-0.2, -0.15) is 5.10 Å². The first kappa shape index (κ1) is 19.0. The Morgan fingerprint density at radius 1 is 1.04 bits per heavy atom. The van der Waals surface area contributed by atoms with E-state index in [1.165, 1.54) is 10.7 Å². The molecule has 0 radical (unpaired) electrons. The van der Waals surface area contributed by atoms with Crippen molar-refractivity contribution in [3.8, 4) is 0 Å². The van der Waals surface area contributed by atoms with Crippen molar-refractivity contribution >= 4 is 15.7 Å². The van der Waals surface area contributed by atoms with Crippen molar-refractivity contribution in [3.05, 3.63) is 76.9 Å². The number of anilines is 1. The Hall–Kier alpha value is -2.81. The highest BCUT2D eigenvalue weighted by Gasteiger charge is 2.23. The van der Waals surface area contributed by atoms with Crippen molar-refractivity contribution in [2.24, 2.45) is 0 Å². The van der Waals surface area contributed by atoms with Gasteiger partial charge < -0.3 is 0 Å². The molecule has 0 aliphatic carbocycles. The van der Waals surface area contributed by atoms with Crippen LogP contribution in [0.2, 0.25) is 0 Å². The molecule has 142 valence electrons. The van der Waals surface area contributed by atoms with Crippen molar-refractivity contribution in [1.29, 1.82) is 0 Å². The molecule has 0 unspecified atom stereocenters. The summed E-state index contributed by atoms with van der Waals surface area (Å²) >= 11 is 0. The minimum Gasteiger partial charge on any atom is -0.276 e. The van der Waals surface area contributed by atoms with Crippen LogP contribution in [0.3, 0.4) is 0 Å². The monoisotopic (exact) mass is 395 g/mol.